The zero-order valence-electron chi connectivity index (χ0n) is 8.83. The normalized spacial score (nSPS) is 21.8. The summed E-state index contributed by atoms with van der Waals surface area (Å²) < 4.78 is 5.73. The van der Waals surface area contributed by atoms with Gasteiger partial charge in [0.2, 0.25) is 4.38 Å². The van der Waals surface area contributed by atoms with Crippen molar-refractivity contribution >= 4 is 28.4 Å². The number of aliphatic hydroxyl groups excluding tert-OH is 1. The average Bonchev–Trinajstić information content (AvgIpc) is 2.74. The third-order valence-electron chi connectivity index (χ3n) is 2.61. The van der Waals surface area contributed by atoms with Gasteiger partial charge in [-0.05, 0) is 30.6 Å². The SMILES string of the molecule is O[C@H](CCc1ccccc1)[C@H]1COC(=S)S1. The molecule has 86 valence electrons. The third kappa shape index (κ3) is 3.20. The molecule has 1 aromatic carbocycles. The van der Waals surface area contributed by atoms with E-state index in [9.17, 15) is 5.11 Å². The van der Waals surface area contributed by atoms with E-state index in [1.165, 1.54) is 17.3 Å². The molecule has 0 aromatic heterocycles. The summed E-state index contributed by atoms with van der Waals surface area (Å²) >= 11 is 6.39. The zero-order chi connectivity index (χ0) is 11.4. The molecule has 1 heterocycles. The van der Waals surface area contributed by atoms with E-state index in [0.29, 0.717) is 11.0 Å². The van der Waals surface area contributed by atoms with Crippen LogP contribution < -0.4 is 0 Å². The molecule has 0 amide bonds. The maximum atomic E-state index is 9.97. The minimum absolute atomic E-state index is 0.108. The van der Waals surface area contributed by atoms with Gasteiger partial charge in [0.05, 0.1) is 11.4 Å². The van der Waals surface area contributed by atoms with E-state index in [1.54, 1.807) is 0 Å². The second-order valence-corrected chi connectivity index (χ2v) is 5.65. The average molecular weight is 254 g/mol. The van der Waals surface area contributed by atoms with Gasteiger partial charge in [-0.25, -0.2) is 0 Å². The number of ether oxygens (including phenoxy) is 1. The summed E-state index contributed by atoms with van der Waals surface area (Å²) in [6.45, 7) is 0.541. The summed E-state index contributed by atoms with van der Waals surface area (Å²) in [6, 6.07) is 10.2. The Morgan fingerprint density at radius 3 is 2.81 bits per heavy atom. The predicted molar refractivity (Wildman–Crippen MR) is 70.7 cm³/mol. The first-order valence-corrected chi connectivity index (χ1v) is 6.60. The van der Waals surface area contributed by atoms with Crippen LogP contribution in [0.1, 0.15) is 12.0 Å². The molecule has 16 heavy (non-hydrogen) atoms. The minimum atomic E-state index is -0.342. The Bertz CT molecular complexity index is 353. The second-order valence-electron chi connectivity index (χ2n) is 3.81. The van der Waals surface area contributed by atoms with Crippen molar-refractivity contribution in [2.75, 3.05) is 6.61 Å². The number of aryl methyl sites for hydroxylation is 1. The van der Waals surface area contributed by atoms with Gasteiger partial charge in [-0.1, -0.05) is 42.1 Å². The summed E-state index contributed by atoms with van der Waals surface area (Å²) in [5.74, 6) is 0. The van der Waals surface area contributed by atoms with E-state index in [1.807, 2.05) is 18.2 Å². The van der Waals surface area contributed by atoms with Gasteiger partial charge in [0.15, 0.2) is 0 Å². The topological polar surface area (TPSA) is 29.5 Å². The molecule has 0 aliphatic carbocycles. The highest BCUT2D eigenvalue weighted by Gasteiger charge is 2.28. The molecule has 0 spiro atoms. The third-order valence-corrected chi connectivity index (χ3v) is 4.08. The van der Waals surface area contributed by atoms with Crippen LogP contribution in [-0.4, -0.2) is 27.4 Å². The van der Waals surface area contributed by atoms with Crippen molar-refractivity contribution in [3.8, 4) is 0 Å². The van der Waals surface area contributed by atoms with E-state index in [2.05, 4.69) is 12.1 Å². The Morgan fingerprint density at radius 1 is 1.44 bits per heavy atom. The Labute approximate surface area is 105 Å². The zero-order valence-corrected chi connectivity index (χ0v) is 10.5. The lowest BCUT2D eigenvalue weighted by atomic mass is 10.1. The van der Waals surface area contributed by atoms with Gasteiger partial charge in [0.1, 0.15) is 6.61 Å². The fourth-order valence-corrected chi connectivity index (χ4v) is 2.93. The Morgan fingerprint density at radius 2 is 2.19 bits per heavy atom. The summed E-state index contributed by atoms with van der Waals surface area (Å²) in [5.41, 5.74) is 1.26. The van der Waals surface area contributed by atoms with Crippen molar-refractivity contribution in [2.24, 2.45) is 0 Å². The predicted octanol–water partition coefficient (Wildman–Crippen LogP) is 2.40. The van der Waals surface area contributed by atoms with Crippen molar-refractivity contribution in [2.45, 2.75) is 24.2 Å². The fourth-order valence-electron chi connectivity index (χ4n) is 1.68. The summed E-state index contributed by atoms with van der Waals surface area (Å²) in [6.07, 6.45) is 1.31. The molecule has 4 heteroatoms. The van der Waals surface area contributed by atoms with Gasteiger partial charge in [-0.2, -0.15) is 0 Å². The fraction of sp³-hybridized carbons (Fsp3) is 0.417. The minimum Gasteiger partial charge on any atom is -0.477 e. The largest absolute Gasteiger partial charge is 0.477 e. The Balaban J connectivity index is 1.80. The summed E-state index contributed by atoms with van der Waals surface area (Å²) in [5, 5.41) is 10.1. The van der Waals surface area contributed by atoms with Crippen LogP contribution in [0.4, 0.5) is 0 Å². The van der Waals surface area contributed by atoms with Gasteiger partial charge in [-0.3, -0.25) is 0 Å². The number of rotatable bonds is 4. The first kappa shape index (κ1) is 11.9. The van der Waals surface area contributed by atoms with Crippen LogP contribution in [0.15, 0.2) is 30.3 Å². The van der Waals surface area contributed by atoms with E-state index in [4.69, 9.17) is 17.0 Å². The van der Waals surface area contributed by atoms with Gasteiger partial charge < -0.3 is 9.84 Å². The maximum Gasteiger partial charge on any atom is 0.220 e. The highest BCUT2D eigenvalue weighted by atomic mass is 32.2. The van der Waals surface area contributed by atoms with Crippen LogP contribution in [-0.2, 0) is 11.2 Å². The van der Waals surface area contributed by atoms with Crippen LogP contribution in [0.5, 0.6) is 0 Å². The van der Waals surface area contributed by atoms with Crippen molar-refractivity contribution in [3.05, 3.63) is 35.9 Å². The molecule has 2 atom stereocenters. The Kier molecular flexibility index (Phi) is 4.21. The van der Waals surface area contributed by atoms with Crippen LogP contribution in [0.3, 0.4) is 0 Å². The molecule has 0 saturated carbocycles. The van der Waals surface area contributed by atoms with Crippen molar-refractivity contribution in [1.82, 2.24) is 0 Å². The molecule has 1 aliphatic rings. The number of thiocarbonyl (C=S) groups is 1. The molecule has 1 aromatic rings. The van der Waals surface area contributed by atoms with E-state index < -0.39 is 0 Å². The lowest BCUT2D eigenvalue weighted by Crippen LogP contribution is -2.24. The van der Waals surface area contributed by atoms with Gasteiger partial charge >= 0.3 is 0 Å². The van der Waals surface area contributed by atoms with Crippen LogP contribution in [0, 0.1) is 0 Å². The van der Waals surface area contributed by atoms with Gasteiger partial charge in [0.25, 0.3) is 0 Å². The number of thioether (sulfide) groups is 1. The van der Waals surface area contributed by atoms with Crippen molar-refractivity contribution < 1.29 is 9.84 Å². The number of aliphatic hydroxyl groups is 1. The molecule has 0 bridgehead atoms. The standard InChI is InChI=1S/C12H14O2S2/c13-10(11-8-14-12(15)16-11)7-6-9-4-2-1-3-5-9/h1-5,10-11,13H,6-8H2/t10-,11-/m1/s1. The van der Waals surface area contributed by atoms with Crippen LogP contribution in [0.2, 0.25) is 0 Å². The summed E-state index contributed by atoms with van der Waals surface area (Å²) in [7, 11) is 0. The van der Waals surface area contributed by atoms with Gasteiger partial charge in [-0.15, -0.1) is 0 Å². The first-order chi connectivity index (χ1) is 7.75. The summed E-state index contributed by atoms with van der Waals surface area (Å²) in [4.78, 5) is 0. The quantitative estimate of drug-likeness (QED) is 0.836. The second kappa shape index (κ2) is 5.66. The first-order valence-electron chi connectivity index (χ1n) is 5.31. The van der Waals surface area contributed by atoms with Gasteiger partial charge in [0, 0.05) is 0 Å². The molecule has 1 saturated heterocycles. The van der Waals surface area contributed by atoms with Crippen LogP contribution >= 0.6 is 24.0 Å². The molecule has 0 radical (unpaired) electrons. The van der Waals surface area contributed by atoms with E-state index in [0.717, 1.165) is 12.8 Å². The van der Waals surface area contributed by atoms with Crippen LogP contribution in [0.25, 0.3) is 0 Å². The molecule has 1 fully saturated rings. The highest BCUT2D eigenvalue weighted by Crippen LogP contribution is 2.27. The Hall–Kier alpha value is -0.580. The van der Waals surface area contributed by atoms with E-state index >= 15 is 0 Å². The lowest BCUT2D eigenvalue weighted by Gasteiger charge is -2.14. The molecule has 0 unspecified atom stereocenters. The van der Waals surface area contributed by atoms with E-state index in [-0.39, 0.29) is 11.4 Å². The molecular weight excluding hydrogens is 240 g/mol. The lowest BCUT2D eigenvalue weighted by molar-refractivity contribution is 0.143. The number of hydrogen-bond acceptors (Lipinski definition) is 4. The maximum absolute atomic E-state index is 9.97. The number of benzene rings is 1. The smallest absolute Gasteiger partial charge is 0.220 e. The highest BCUT2D eigenvalue weighted by molar-refractivity contribution is 8.23. The van der Waals surface area contributed by atoms with Crippen molar-refractivity contribution in [3.63, 3.8) is 0 Å². The molecule has 2 nitrogen and oxygen atoms in total. The monoisotopic (exact) mass is 254 g/mol. The molecular formula is C12H14O2S2. The molecule has 1 N–H and O–H groups in total. The molecule has 2 rings (SSSR count). The van der Waals surface area contributed by atoms with Crippen molar-refractivity contribution in [1.29, 1.82) is 0 Å². The molecule has 1 aliphatic heterocycles. The number of hydrogen-bond donors (Lipinski definition) is 1.